The molecule has 0 saturated carbocycles. The van der Waals surface area contributed by atoms with Gasteiger partial charge in [-0.3, -0.25) is 0 Å². The molecule has 4 N–H and O–H groups in total. The highest BCUT2D eigenvalue weighted by atomic mass is 16.6. The van der Waals surface area contributed by atoms with Crippen molar-refractivity contribution in [3.8, 4) is 0 Å². The standard InChI is InChI=1S/C12H27NO5.C5H11NO2/c1-2-14-5-6-16-9-10-18-12-11-17-8-7-15-4-3-13;1-5(2,3)8-4(6)7/h2-13H2,1H3;1-3H3,(H2,6,7). The Morgan fingerprint density at radius 2 is 1.08 bits per heavy atom. The summed E-state index contributed by atoms with van der Waals surface area (Å²) in [5.41, 5.74) is 9.54. The van der Waals surface area contributed by atoms with Crippen LogP contribution in [0.15, 0.2) is 0 Å². The largest absolute Gasteiger partial charge is 0.444 e. The van der Waals surface area contributed by atoms with Gasteiger partial charge in [0.15, 0.2) is 0 Å². The Labute approximate surface area is 157 Å². The monoisotopic (exact) mass is 382 g/mol. The Hall–Kier alpha value is -0.970. The summed E-state index contributed by atoms with van der Waals surface area (Å²) in [6, 6.07) is 0. The summed E-state index contributed by atoms with van der Waals surface area (Å²) in [5.74, 6) is 0. The Morgan fingerprint density at radius 1 is 0.731 bits per heavy atom. The minimum absolute atomic E-state index is 0.453. The van der Waals surface area contributed by atoms with Gasteiger partial charge in [0.25, 0.3) is 0 Å². The number of nitrogens with two attached hydrogens (primary N) is 2. The molecule has 0 fully saturated rings. The molecule has 9 nitrogen and oxygen atoms in total. The van der Waals surface area contributed by atoms with E-state index in [0.717, 1.165) is 6.61 Å². The highest BCUT2D eigenvalue weighted by molar-refractivity contribution is 5.65. The van der Waals surface area contributed by atoms with Crippen LogP contribution in [0.2, 0.25) is 0 Å². The van der Waals surface area contributed by atoms with E-state index in [9.17, 15) is 4.79 Å². The van der Waals surface area contributed by atoms with Crippen molar-refractivity contribution in [2.24, 2.45) is 11.5 Å². The lowest BCUT2D eigenvalue weighted by Crippen LogP contribution is -2.27. The summed E-state index contributed by atoms with van der Waals surface area (Å²) in [6.45, 7) is 13.8. The van der Waals surface area contributed by atoms with E-state index in [2.05, 4.69) is 4.74 Å². The molecular weight excluding hydrogens is 344 g/mol. The van der Waals surface area contributed by atoms with Gasteiger partial charge in [0.1, 0.15) is 5.60 Å². The second kappa shape index (κ2) is 20.3. The summed E-state index contributed by atoms with van der Waals surface area (Å²) in [7, 11) is 0. The Bertz CT molecular complexity index is 283. The third-order valence-corrected chi connectivity index (χ3v) is 2.36. The molecule has 0 aromatic rings. The van der Waals surface area contributed by atoms with Crippen LogP contribution in [0.3, 0.4) is 0 Å². The first-order chi connectivity index (χ1) is 12.3. The fourth-order valence-corrected chi connectivity index (χ4v) is 1.41. The Kier molecular flexibility index (Phi) is 21.3. The first kappa shape index (κ1) is 27.3. The smallest absolute Gasteiger partial charge is 0.405 e. The van der Waals surface area contributed by atoms with Gasteiger partial charge in [-0.2, -0.15) is 0 Å². The average molecular weight is 382 g/mol. The molecule has 0 saturated heterocycles. The maximum absolute atomic E-state index is 10.0. The minimum Gasteiger partial charge on any atom is -0.444 e. The van der Waals surface area contributed by atoms with Crippen molar-refractivity contribution in [1.29, 1.82) is 0 Å². The third kappa shape index (κ3) is 30.9. The van der Waals surface area contributed by atoms with Crippen LogP contribution < -0.4 is 11.5 Å². The Morgan fingerprint density at radius 3 is 1.31 bits per heavy atom. The average Bonchev–Trinajstić information content (AvgIpc) is 2.53. The molecule has 0 atom stereocenters. The molecule has 158 valence electrons. The van der Waals surface area contributed by atoms with Crippen molar-refractivity contribution < 1.29 is 33.2 Å². The predicted octanol–water partition coefficient (Wildman–Crippen LogP) is 0.928. The van der Waals surface area contributed by atoms with Gasteiger partial charge in [0, 0.05) is 13.2 Å². The second-order valence-electron chi connectivity index (χ2n) is 5.97. The number of hydrogen-bond donors (Lipinski definition) is 2. The van der Waals surface area contributed by atoms with Crippen molar-refractivity contribution >= 4 is 6.09 Å². The van der Waals surface area contributed by atoms with Gasteiger partial charge in [-0.25, -0.2) is 4.79 Å². The molecule has 0 unspecified atom stereocenters. The quantitative estimate of drug-likeness (QED) is 0.401. The predicted molar refractivity (Wildman–Crippen MR) is 99.2 cm³/mol. The van der Waals surface area contributed by atoms with E-state index in [4.69, 9.17) is 35.2 Å². The number of carbonyl (C=O) groups is 1. The second-order valence-corrected chi connectivity index (χ2v) is 5.97. The van der Waals surface area contributed by atoms with E-state index >= 15 is 0 Å². The van der Waals surface area contributed by atoms with Crippen LogP contribution in [0.1, 0.15) is 27.7 Å². The lowest BCUT2D eigenvalue weighted by atomic mass is 10.2. The third-order valence-electron chi connectivity index (χ3n) is 2.36. The summed E-state index contributed by atoms with van der Waals surface area (Å²) >= 11 is 0. The lowest BCUT2D eigenvalue weighted by molar-refractivity contribution is -0.00967. The molecule has 0 bridgehead atoms. The summed E-state index contributed by atoms with van der Waals surface area (Å²) in [4.78, 5) is 10.0. The maximum atomic E-state index is 10.0. The van der Waals surface area contributed by atoms with Crippen molar-refractivity contribution in [3.05, 3.63) is 0 Å². The Balaban J connectivity index is 0. The van der Waals surface area contributed by atoms with Crippen molar-refractivity contribution in [3.63, 3.8) is 0 Å². The minimum atomic E-state index is -0.725. The first-order valence-corrected chi connectivity index (χ1v) is 8.90. The zero-order chi connectivity index (χ0) is 20.1. The van der Waals surface area contributed by atoms with Crippen LogP contribution in [0.4, 0.5) is 4.79 Å². The fourth-order valence-electron chi connectivity index (χ4n) is 1.41. The molecule has 0 aromatic carbocycles. The van der Waals surface area contributed by atoms with Gasteiger partial charge in [-0.05, 0) is 27.7 Å². The molecular formula is C17H38N2O7. The lowest BCUT2D eigenvalue weighted by Gasteiger charge is -2.16. The van der Waals surface area contributed by atoms with Crippen LogP contribution >= 0.6 is 0 Å². The summed E-state index contributed by atoms with van der Waals surface area (Å²) in [6.07, 6.45) is -0.725. The highest BCUT2D eigenvalue weighted by Gasteiger charge is 2.12. The van der Waals surface area contributed by atoms with Crippen LogP contribution in [0.25, 0.3) is 0 Å². The van der Waals surface area contributed by atoms with Gasteiger partial charge in [0.2, 0.25) is 0 Å². The number of hydrogen-bond acceptors (Lipinski definition) is 8. The van der Waals surface area contributed by atoms with E-state index in [1.165, 1.54) is 0 Å². The van der Waals surface area contributed by atoms with E-state index in [1.807, 2.05) is 6.92 Å². The van der Waals surface area contributed by atoms with Crippen LogP contribution in [-0.2, 0) is 28.4 Å². The molecule has 0 aliphatic rings. The van der Waals surface area contributed by atoms with Gasteiger partial charge in [-0.1, -0.05) is 0 Å². The highest BCUT2D eigenvalue weighted by Crippen LogP contribution is 2.04. The van der Waals surface area contributed by atoms with E-state index in [0.29, 0.717) is 66.0 Å². The fraction of sp³-hybridized carbons (Fsp3) is 0.941. The van der Waals surface area contributed by atoms with E-state index < -0.39 is 11.7 Å². The zero-order valence-electron chi connectivity index (χ0n) is 16.8. The van der Waals surface area contributed by atoms with Crippen LogP contribution in [0.5, 0.6) is 0 Å². The van der Waals surface area contributed by atoms with Gasteiger partial charge < -0.3 is 39.9 Å². The van der Waals surface area contributed by atoms with Crippen LogP contribution in [-0.4, -0.2) is 84.3 Å². The zero-order valence-corrected chi connectivity index (χ0v) is 16.8. The molecule has 0 aromatic heterocycles. The van der Waals surface area contributed by atoms with Crippen molar-refractivity contribution in [2.45, 2.75) is 33.3 Å². The number of ether oxygens (including phenoxy) is 6. The molecule has 1 amide bonds. The molecule has 0 aliphatic carbocycles. The maximum Gasteiger partial charge on any atom is 0.405 e. The number of rotatable bonds is 15. The summed E-state index contributed by atoms with van der Waals surface area (Å²) in [5, 5.41) is 0. The number of carbonyl (C=O) groups excluding carboxylic acids is 1. The summed E-state index contributed by atoms with van der Waals surface area (Å²) < 4.78 is 30.7. The molecule has 26 heavy (non-hydrogen) atoms. The molecule has 0 spiro atoms. The first-order valence-electron chi connectivity index (χ1n) is 8.90. The van der Waals surface area contributed by atoms with Crippen LogP contribution in [0, 0.1) is 0 Å². The van der Waals surface area contributed by atoms with E-state index in [-0.39, 0.29) is 0 Å². The van der Waals surface area contributed by atoms with E-state index in [1.54, 1.807) is 20.8 Å². The topological polar surface area (TPSA) is 124 Å². The number of primary amides is 1. The van der Waals surface area contributed by atoms with Gasteiger partial charge in [0.05, 0.1) is 59.5 Å². The molecule has 9 heteroatoms. The number of amides is 1. The molecule has 0 rings (SSSR count). The van der Waals surface area contributed by atoms with Crippen molar-refractivity contribution in [2.75, 3.05) is 72.6 Å². The molecule has 0 radical (unpaired) electrons. The molecule has 0 aliphatic heterocycles. The SMILES string of the molecule is CC(C)(C)OC(N)=O.CCOCCOCCOCCOCCOCCN. The molecule has 0 heterocycles. The van der Waals surface area contributed by atoms with Gasteiger partial charge in [-0.15, -0.1) is 0 Å². The van der Waals surface area contributed by atoms with Crippen molar-refractivity contribution in [1.82, 2.24) is 0 Å². The van der Waals surface area contributed by atoms with Gasteiger partial charge >= 0.3 is 6.09 Å². The normalized spacial score (nSPS) is 11.0.